The molecule has 1 aromatic rings. The van der Waals surface area contributed by atoms with Crippen molar-refractivity contribution in [3.8, 4) is 0 Å². The van der Waals surface area contributed by atoms with Crippen LogP contribution in [0.1, 0.15) is 23.8 Å². The first-order valence-corrected chi connectivity index (χ1v) is 4.96. The molecule has 1 atom stereocenters. The molecule has 0 amide bonds. The Morgan fingerprint density at radius 1 is 1.60 bits per heavy atom. The van der Waals surface area contributed by atoms with E-state index in [1.165, 1.54) is 0 Å². The van der Waals surface area contributed by atoms with Gasteiger partial charge in [-0.1, -0.05) is 0 Å². The summed E-state index contributed by atoms with van der Waals surface area (Å²) in [6.45, 7) is 2.33. The summed E-state index contributed by atoms with van der Waals surface area (Å²) in [5, 5.41) is 0. The number of rotatable bonds is 5. The largest absolute Gasteiger partial charge is 0.461 e. The molecule has 0 radical (unpaired) electrons. The number of nitrogens with zero attached hydrogens (tertiary/aromatic N) is 1. The molecule has 15 heavy (non-hydrogen) atoms. The number of carbonyl (C=O) groups excluding carboxylic acids is 1. The van der Waals surface area contributed by atoms with Gasteiger partial charge in [-0.25, -0.2) is 4.79 Å². The van der Waals surface area contributed by atoms with Crippen molar-refractivity contribution in [1.29, 1.82) is 0 Å². The molecular weight excluding hydrogens is 194 g/mol. The smallest absolute Gasteiger partial charge is 0.354 e. The third kappa shape index (κ3) is 3.40. The highest BCUT2D eigenvalue weighted by molar-refractivity contribution is 5.87. The molecule has 1 rings (SSSR count). The molecule has 0 saturated heterocycles. The lowest BCUT2D eigenvalue weighted by molar-refractivity contribution is 0.0381. The number of hydrogen-bond donors (Lipinski definition) is 0. The fourth-order valence-electron chi connectivity index (χ4n) is 1.18. The van der Waals surface area contributed by atoms with E-state index in [0.29, 0.717) is 18.7 Å². The van der Waals surface area contributed by atoms with Gasteiger partial charge < -0.3 is 14.0 Å². The SMILES string of the molecule is CO[C@H](C)CCOC(=O)c1cccn1C. The van der Waals surface area contributed by atoms with Crippen LogP contribution in [0.4, 0.5) is 0 Å². The standard InChI is InChI=1S/C11H17NO3/c1-9(14-3)6-8-15-11(13)10-5-4-7-12(10)2/h4-5,7,9H,6,8H2,1-3H3/t9-/m1/s1. The van der Waals surface area contributed by atoms with Crippen LogP contribution >= 0.6 is 0 Å². The number of hydrogen-bond acceptors (Lipinski definition) is 3. The Morgan fingerprint density at radius 3 is 2.87 bits per heavy atom. The molecule has 0 aliphatic heterocycles. The Labute approximate surface area is 89.8 Å². The topological polar surface area (TPSA) is 40.5 Å². The molecule has 0 N–H and O–H groups in total. The van der Waals surface area contributed by atoms with Crippen LogP contribution in [-0.2, 0) is 16.5 Å². The molecule has 4 heteroatoms. The van der Waals surface area contributed by atoms with Crippen molar-refractivity contribution in [3.63, 3.8) is 0 Å². The van der Waals surface area contributed by atoms with Crippen molar-refractivity contribution >= 4 is 5.97 Å². The summed E-state index contributed by atoms with van der Waals surface area (Å²) in [6, 6.07) is 3.55. The molecule has 0 fully saturated rings. The Morgan fingerprint density at radius 2 is 2.33 bits per heavy atom. The Bertz CT molecular complexity index is 319. The number of aryl methyl sites for hydroxylation is 1. The van der Waals surface area contributed by atoms with Crippen LogP contribution in [0, 0.1) is 0 Å². The zero-order chi connectivity index (χ0) is 11.3. The van der Waals surface area contributed by atoms with Crippen LogP contribution < -0.4 is 0 Å². The first-order valence-electron chi connectivity index (χ1n) is 4.96. The molecule has 0 bridgehead atoms. The number of ether oxygens (including phenoxy) is 2. The molecule has 0 aliphatic carbocycles. The highest BCUT2D eigenvalue weighted by Crippen LogP contribution is 2.03. The van der Waals surface area contributed by atoms with E-state index in [0.717, 1.165) is 0 Å². The van der Waals surface area contributed by atoms with Gasteiger partial charge in [-0.2, -0.15) is 0 Å². The molecule has 0 aromatic carbocycles. The zero-order valence-corrected chi connectivity index (χ0v) is 9.40. The quantitative estimate of drug-likeness (QED) is 0.695. The van der Waals surface area contributed by atoms with Crippen molar-refractivity contribution in [1.82, 2.24) is 4.57 Å². The van der Waals surface area contributed by atoms with E-state index in [2.05, 4.69) is 0 Å². The van der Waals surface area contributed by atoms with Crippen molar-refractivity contribution in [2.24, 2.45) is 7.05 Å². The van der Waals surface area contributed by atoms with Crippen LogP contribution in [0.3, 0.4) is 0 Å². The number of esters is 1. The lowest BCUT2D eigenvalue weighted by Gasteiger charge is -2.09. The van der Waals surface area contributed by atoms with Gasteiger partial charge in [-0.3, -0.25) is 0 Å². The van der Waals surface area contributed by atoms with Crippen LogP contribution in [0.25, 0.3) is 0 Å². The average Bonchev–Trinajstić information content (AvgIpc) is 2.64. The minimum absolute atomic E-state index is 0.117. The summed E-state index contributed by atoms with van der Waals surface area (Å²) in [4.78, 5) is 11.5. The molecule has 1 aromatic heterocycles. The van der Waals surface area contributed by atoms with Crippen molar-refractivity contribution in [2.75, 3.05) is 13.7 Å². The monoisotopic (exact) mass is 211 g/mol. The molecule has 1 heterocycles. The summed E-state index contributed by atoms with van der Waals surface area (Å²) >= 11 is 0. The Kier molecular flexibility index (Phi) is 4.37. The van der Waals surface area contributed by atoms with Gasteiger partial charge in [0, 0.05) is 26.8 Å². The Balaban J connectivity index is 2.34. The van der Waals surface area contributed by atoms with E-state index < -0.39 is 0 Å². The number of methoxy groups -OCH3 is 1. The highest BCUT2D eigenvalue weighted by Gasteiger charge is 2.10. The van der Waals surface area contributed by atoms with Crippen LogP contribution in [-0.4, -0.2) is 30.4 Å². The summed E-state index contributed by atoms with van der Waals surface area (Å²) < 4.78 is 11.9. The molecule has 0 spiro atoms. The van der Waals surface area contributed by atoms with E-state index in [4.69, 9.17) is 9.47 Å². The van der Waals surface area contributed by atoms with Crippen molar-refractivity contribution < 1.29 is 14.3 Å². The predicted molar refractivity (Wildman–Crippen MR) is 56.8 cm³/mol. The van der Waals surface area contributed by atoms with Crippen molar-refractivity contribution in [3.05, 3.63) is 24.0 Å². The summed E-state index contributed by atoms with van der Waals surface area (Å²) in [5.41, 5.74) is 0.570. The molecule has 84 valence electrons. The van der Waals surface area contributed by atoms with Gasteiger partial charge in [0.15, 0.2) is 0 Å². The minimum Gasteiger partial charge on any atom is -0.461 e. The van der Waals surface area contributed by atoms with Gasteiger partial charge in [0.1, 0.15) is 5.69 Å². The number of carbonyl (C=O) groups is 1. The summed E-state index contributed by atoms with van der Waals surface area (Å²) in [7, 11) is 3.46. The van der Waals surface area contributed by atoms with Crippen molar-refractivity contribution in [2.45, 2.75) is 19.4 Å². The average molecular weight is 211 g/mol. The van der Waals surface area contributed by atoms with Gasteiger partial charge in [-0.15, -0.1) is 0 Å². The maximum atomic E-state index is 11.5. The molecule has 0 aliphatic rings. The number of aromatic nitrogens is 1. The Hall–Kier alpha value is -1.29. The second kappa shape index (κ2) is 5.56. The van der Waals surface area contributed by atoms with E-state index in [1.54, 1.807) is 17.7 Å². The van der Waals surface area contributed by atoms with Gasteiger partial charge in [0.25, 0.3) is 0 Å². The van der Waals surface area contributed by atoms with E-state index >= 15 is 0 Å². The fourth-order valence-corrected chi connectivity index (χ4v) is 1.18. The van der Waals surface area contributed by atoms with Crippen LogP contribution in [0.5, 0.6) is 0 Å². The summed E-state index contributed by atoms with van der Waals surface area (Å²) in [5.74, 6) is -0.286. The second-order valence-electron chi connectivity index (χ2n) is 3.48. The van der Waals surface area contributed by atoms with E-state index in [1.807, 2.05) is 26.2 Å². The predicted octanol–water partition coefficient (Wildman–Crippen LogP) is 1.61. The van der Waals surface area contributed by atoms with Gasteiger partial charge in [-0.05, 0) is 19.1 Å². The zero-order valence-electron chi connectivity index (χ0n) is 9.40. The first kappa shape index (κ1) is 11.8. The maximum absolute atomic E-state index is 11.5. The van der Waals surface area contributed by atoms with Gasteiger partial charge in [0.2, 0.25) is 0 Å². The molecule has 0 saturated carbocycles. The second-order valence-corrected chi connectivity index (χ2v) is 3.48. The fraction of sp³-hybridized carbons (Fsp3) is 0.545. The first-order chi connectivity index (χ1) is 7.15. The molecular formula is C11H17NO3. The highest BCUT2D eigenvalue weighted by atomic mass is 16.5. The molecule has 4 nitrogen and oxygen atoms in total. The van der Waals surface area contributed by atoms with E-state index in [-0.39, 0.29) is 12.1 Å². The minimum atomic E-state index is -0.286. The maximum Gasteiger partial charge on any atom is 0.354 e. The molecule has 0 unspecified atom stereocenters. The van der Waals surface area contributed by atoms with Gasteiger partial charge in [0.05, 0.1) is 12.7 Å². The third-order valence-electron chi connectivity index (χ3n) is 2.31. The van der Waals surface area contributed by atoms with E-state index in [9.17, 15) is 4.79 Å². The lowest BCUT2D eigenvalue weighted by atomic mass is 10.3. The van der Waals surface area contributed by atoms with Crippen LogP contribution in [0.15, 0.2) is 18.3 Å². The normalized spacial score (nSPS) is 12.5. The summed E-state index contributed by atoms with van der Waals surface area (Å²) in [6.07, 6.45) is 2.65. The van der Waals surface area contributed by atoms with Crippen LogP contribution in [0.2, 0.25) is 0 Å². The lowest BCUT2D eigenvalue weighted by Crippen LogP contribution is -2.14. The van der Waals surface area contributed by atoms with Gasteiger partial charge >= 0.3 is 5.97 Å². The third-order valence-corrected chi connectivity index (χ3v) is 2.31.